The molecule has 3 amide bonds. The fourth-order valence-corrected chi connectivity index (χ4v) is 4.22. The average molecular weight is 458 g/mol. The molecule has 1 fully saturated rings. The van der Waals surface area contributed by atoms with Crippen molar-refractivity contribution in [1.82, 2.24) is 5.32 Å². The predicted octanol–water partition coefficient (Wildman–Crippen LogP) is 4.76. The maximum atomic E-state index is 13.0. The summed E-state index contributed by atoms with van der Waals surface area (Å²) in [5, 5.41) is 6.16. The molecule has 2 aromatic carbocycles. The number of aryl methyl sites for hydroxylation is 1. The first-order valence-corrected chi connectivity index (χ1v) is 10.8. The monoisotopic (exact) mass is 457 g/mol. The molecule has 1 aliphatic carbocycles. The number of benzene rings is 2. The van der Waals surface area contributed by atoms with E-state index in [1.54, 1.807) is 49.4 Å². The Labute approximate surface area is 190 Å². The van der Waals surface area contributed by atoms with Gasteiger partial charge in [0.1, 0.15) is 10.7 Å². The second-order valence-electron chi connectivity index (χ2n) is 7.72. The van der Waals surface area contributed by atoms with Crippen molar-refractivity contribution in [2.75, 3.05) is 10.2 Å². The van der Waals surface area contributed by atoms with Crippen molar-refractivity contribution >= 4 is 52.3 Å². The molecule has 2 aromatic rings. The molecule has 2 N–H and O–H groups in total. The van der Waals surface area contributed by atoms with Crippen LogP contribution in [-0.2, 0) is 9.59 Å². The van der Waals surface area contributed by atoms with E-state index in [0.717, 1.165) is 36.1 Å². The van der Waals surface area contributed by atoms with Gasteiger partial charge in [0.2, 0.25) is 0 Å². The van der Waals surface area contributed by atoms with Crippen LogP contribution in [0.15, 0.2) is 53.2 Å². The van der Waals surface area contributed by atoms with E-state index < -0.39 is 11.8 Å². The molecular weight excluding hydrogens is 437 g/mol. The number of halogens is 2. The summed E-state index contributed by atoms with van der Waals surface area (Å²) in [5.41, 5.74) is 2.15. The first-order chi connectivity index (χ1) is 14.8. The zero-order valence-corrected chi connectivity index (χ0v) is 18.4. The van der Waals surface area contributed by atoms with Crippen molar-refractivity contribution in [3.05, 3.63) is 69.3 Å². The van der Waals surface area contributed by atoms with Crippen molar-refractivity contribution in [2.45, 2.75) is 38.6 Å². The molecule has 31 heavy (non-hydrogen) atoms. The number of carbonyl (C=O) groups excluding carboxylic acids is 3. The Morgan fingerprint density at radius 1 is 1.00 bits per heavy atom. The van der Waals surface area contributed by atoms with E-state index in [1.165, 1.54) is 0 Å². The Balaban J connectivity index is 1.49. The second-order valence-corrected chi connectivity index (χ2v) is 8.54. The van der Waals surface area contributed by atoms with Crippen molar-refractivity contribution in [3.8, 4) is 0 Å². The third kappa shape index (κ3) is 4.31. The van der Waals surface area contributed by atoms with E-state index in [4.69, 9.17) is 23.2 Å². The van der Waals surface area contributed by atoms with Gasteiger partial charge in [-0.3, -0.25) is 14.4 Å². The third-order valence-electron chi connectivity index (χ3n) is 5.55. The number of amides is 3. The van der Waals surface area contributed by atoms with Crippen LogP contribution in [0.1, 0.15) is 41.6 Å². The minimum Gasteiger partial charge on any atom is -0.350 e. The van der Waals surface area contributed by atoms with Gasteiger partial charge in [-0.2, -0.15) is 0 Å². The lowest BCUT2D eigenvalue weighted by atomic mass is 10.1. The summed E-state index contributed by atoms with van der Waals surface area (Å²) in [6, 6.07) is 11.9. The first-order valence-electron chi connectivity index (χ1n) is 10.1. The molecule has 0 aromatic heterocycles. The Bertz CT molecular complexity index is 1090. The fraction of sp³-hybridized carbons (Fsp3) is 0.261. The van der Waals surface area contributed by atoms with Gasteiger partial charge in [-0.25, -0.2) is 4.90 Å². The zero-order valence-electron chi connectivity index (χ0n) is 16.9. The Morgan fingerprint density at radius 3 is 2.35 bits per heavy atom. The van der Waals surface area contributed by atoms with Gasteiger partial charge in [0, 0.05) is 22.3 Å². The Kier molecular flexibility index (Phi) is 6.03. The SMILES string of the molecule is Cc1ccc(Cl)cc1N1C(=O)C(Cl)=C(Nc2ccc(C(=O)NC3CCCC3)cc2)C1=O. The van der Waals surface area contributed by atoms with Gasteiger partial charge in [0.15, 0.2) is 0 Å². The van der Waals surface area contributed by atoms with Gasteiger partial charge in [-0.15, -0.1) is 0 Å². The Morgan fingerprint density at radius 2 is 1.68 bits per heavy atom. The largest absolute Gasteiger partial charge is 0.350 e. The maximum absolute atomic E-state index is 13.0. The normalized spacial score (nSPS) is 16.9. The van der Waals surface area contributed by atoms with Crippen LogP contribution in [0.5, 0.6) is 0 Å². The number of hydrogen-bond acceptors (Lipinski definition) is 4. The minimum absolute atomic E-state index is 0.0193. The van der Waals surface area contributed by atoms with Crippen LogP contribution >= 0.6 is 23.2 Å². The van der Waals surface area contributed by atoms with Crippen molar-refractivity contribution in [1.29, 1.82) is 0 Å². The van der Waals surface area contributed by atoms with E-state index >= 15 is 0 Å². The lowest BCUT2D eigenvalue weighted by molar-refractivity contribution is -0.120. The summed E-state index contributed by atoms with van der Waals surface area (Å²) in [6.07, 6.45) is 4.30. The number of imide groups is 1. The maximum Gasteiger partial charge on any atom is 0.283 e. The molecule has 160 valence electrons. The molecule has 0 saturated heterocycles. The summed E-state index contributed by atoms with van der Waals surface area (Å²) in [7, 11) is 0. The van der Waals surface area contributed by atoms with E-state index in [2.05, 4.69) is 10.6 Å². The molecule has 1 saturated carbocycles. The number of nitrogens with zero attached hydrogens (tertiary/aromatic N) is 1. The highest BCUT2D eigenvalue weighted by Crippen LogP contribution is 2.33. The molecule has 1 heterocycles. The lowest BCUT2D eigenvalue weighted by Gasteiger charge is -2.18. The molecule has 6 nitrogen and oxygen atoms in total. The molecule has 0 spiro atoms. The number of nitrogens with one attached hydrogen (secondary N) is 2. The third-order valence-corrected chi connectivity index (χ3v) is 6.13. The molecule has 0 bridgehead atoms. The van der Waals surface area contributed by atoms with Gasteiger partial charge in [0.25, 0.3) is 17.7 Å². The smallest absolute Gasteiger partial charge is 0.283 e. The summed E-state index contributed by atoms with van der Waals surface area (Å²) in [5.74, 6) is -1.30. The topological polar surface area (TPSA) is 78.5 Å². The van der Waals surface area contributed by atoms with Gasteiger partial charge < -0.3 is 10.6 Å². The van der Waals surface area contributed by atoms with Crippen LogP contribution in [0.2, 0.25) is 5.02 Å². The summed E-state index contributed by atoms with van der Waals surface area (Å²) in [6.45, 7) is 1.78. The first kappa shape index (κ1) is 21.4. The molecule has 2 aliphatic rings. The van der Waals surface area contributed by atoms with Gasteiger partial charge in [-0.05, 0) is 61.7 Å². The van der Waals surface area contributed by atoms with Crippen LogP contribution in [0.4, 0.5) is 11.4 Å². The Hall–Kier alpha value is -2.83. The molecule has 0 radical (unpaired) electrons. The number of anilines is 2. The highest BCUT2D eigenvalue weighted by atomic mass is 35.5. The molecule has 4 rings (SSSR count). The minimum atomic E-state index is -0.618. The average Bonchev–Trinajstić information content (AvgIpc) is 3.33. The summed E-state index contributed by atoms with van der Waals surface area (Å²) < 4.78 is 0. The van der Waals surface area contributed by atoms with E-state index in [9.17, 15) is 14.4 Å². The highest BCUT2D eigenvalue weighted by Gasteiger charge is 2.39. The lowest BCUT2D eigenvalue weighted by Crippen LogP contribution is -2.33. The number of hydrogen-bond donors (Lipinski definition) is 2. The molecular formula is C23H21Cl2N3O3. The highest BCUT2D eigenvalue weighted by molar-refractivity contribution is 6.53. The van der Waals surface area contributed by atoms with Crippen LogP contribution < -0.4 is 15.5 Å². The van der Waals surface area contributed by atoms with Gasteiger partial charge in [0.05, 0.1) is 5.69 Å². The second kappa shape index (κ2) is 8.73. The summed E-state index contributed by atoms with van der Waals surface area (Å²) >= 11 is 12.2. The molecule has 8 heteroatoms. The fourth-order valence-electron chi connectivity index (χ4n) is 3.84. The molecule has 0 atom stereocenters. The van der Waals surface area contributed by atoms with E-state index in [-0.39, 0.29) is 22.7 Å². The van der Waals surface area contributed by atoms with Crippen LogP contribution in [0.3, 0.4) is 0 Å². The van der Waals surface area contributed by atoms with Crippen molar-refractivity contribution < 1.29 is 14.4 Å². The van der Waals surface area contributed by atoms with Crippen LogP contribution in [-0.4, -0.2) is 23.8 Å². The van der Waals surface area contributed by atoms with Crippen molar-refractivity contribution in [2.24, 2.45) is 0 Å². The molecule has 1 aliphatic heterocycles. The van der Waals surface area contributed by atoms with E-state index in [1.807, 2.05) is 0 Å². The number of rotatable bonds is 5. The summed E-state index contributed by atoms with van der Waals surface area (Å²) in [4.78, 5) is 39.0. The molecule has 0 unspecified atom stereocenters. The quantitative estimate of drug-likeness (QED) is 0.634. The predicted molar refractivity (Wildman–Crippen MR) is 121 cm³/mol. The standard InChI is InChI=1S/C23H21Cl2N3O3/c1-13-6-9-15(24)12-18(13)28-22(30)19(25)20(23(28)31)26-17-10-7-14(8-11-17)21(29)27-16-4-2-3-5-16/h6-12,16,26H,2-5H2,1H3,(H,27,29). The van der Waals surface area contributed by atoms with Gasteiger partial charge >= 0.3 is 0 Å². The van der Waals surface area contributed by atoms with Crippen LogP contribution in [0.25, 0.3) is 0 Å². The number of carbonyl (C=O) groups is 3. The zero-order chi connectivity index (χ0) is 22.1. The van der Waals surface area contributed by atoms with E-state index in [0.29, 0.717) is 22.0 Å². The van der Waals surface area contributed by atoms with Gasteiger partial charge in [-0.1, -0.05) is 42.1 Å². The van der Waals surface area contributed by atoms with Crippen molar-refractivity contribution in [3.63, 3.8) is 0 Å². The van der Waals surface area contributed by atoms with Crippen LogP contribution in [0, 0.1) is 6.92 Å².